The molecule has 0 fully saturated rings. The van der Waals surface area contributed by atoms with E-state index in [1.165, 1.54) is 0 Å². The van der Waals surface area contributed by atoms with E-state index in [-0.39, 0.29) is 0 Å². The van der Waals surface area contributed by atoms with Gasteiger partial charge >= 0.3 is 0 Å². The Labute approximate surface area is 95.0 Å². The Morgan fingerprint density at radius 2 is 1.88 bits per heavy atom. The van der Waals surface area contributed by atoms with Crippen LogP contribution in [0.5, 0.6) is 0 Å². The van der Waals surface area contributed by atoms with Gasteiger partial charge in [-0.1, -0.05) is 17.7 Å². The molecule has 0 aliphatic carbocycles. The summed E-state index contributed by atoms with van der Waals surface area (Å²) in [5.74, 6) is 0. The smallest absolute Gasteiger partial charge is 0.150 e. The van der Waals surface area contributed by atoms with E-state index in [0.717, 1.165) is 28.5 Å². The lowest BCUT2D eigenvalue weighted by atomic mass is 9.99. The molecule has 0 saturated carbocycles. The molecular weight excluding hydrogens is 198 g/mol. The lowest BCUT2D eigenvalue weighted by molar-refractivity contribution is 0.112. The van der Waals surface area contributed by atoms with Crippen molar-refractivity contribution in [2.24, 2.45) is 0 Å². The summed E-state index contributed by atoms with van der Waals surface area (Å²) in [5, 5.41) is 0. The largest absolute Gasteiger partial charge is 0.298 e. The molecule has 0 amide bonds. The molecule has 16 heavy (non-hydrogen) atoms. The minimum Gasteiger partial charge on any atom is -0.298 e. The molecule has 0 N–H and O–H groups in total. The molecule has 80 valence electrons. The van der Waals surface area contributed by atoms with Gasteiger partial charge < -0.3 is 0 Å². The Bertz CT molecular complexity index is 532. The maximum Gasteiger partial charge on any atom is 0.150 e. The third-order valence-corrected chi connectivity index (χ3v) is 2.52. The van der Waals surface area contributed by atoms with Gasteiger partial charge in [0.2, 0.25) is 0 Å². The predicted octanol–water partition coefficient (Wildman–Crippen LogP) is 3.18. The Hall–Kier alpha value is -1.96. The molecular formula is C14H13NO. The number of aryl methyl sites for hydroxylation is 2. The van der Waals surface area contributed by atoms with Crippen LogP contribution in [-0.2, 0) is 0 Å². The monoisotopic (exact) mass is 211 g/mol. The topological polar surface area (TPSA) is 30.0 Å². The van der Waals surface area contributed by atoms with Gasteiger partial charge in [0.1, 0.15) is 0 Å². The van der Waals surface area contributed by atoms with E-state index in [1.54, 1.807) is 12.4 Å². The highest BCUT2D eigenvalue weighted by atomic mass is 16.1. The van der Waals surface area contributed by atoms with Crippen LogP contribution in [0.4, 0.5) is 0 Å². The number of rotatable bonds is 2. The van der Waals surface area contributed by atoms with E-state index in [2.05, 4.69) is 4.98 Å². The van der Waals surface area contributed by atoms with Crippen molar-refractivity contribution >= 4 is 6.29 Å². The fraction of sp³-hybridized carbons (Fsp3) is 0.143. The van der Waals surface area contributed by atoms with Crippen molar-refractivity contribution in [3.05, 3.63) is 53.3 Å². The molecule has 0 bridgehead atoms. The van der Waals surface area contributed by atoms with Crippen LogP contribution in [0.1, 0.15) is 21.5 Å². The third-order valence-electron chi connectivity index (χ3n) is 2.52. The molecule has 0 spiro atoms. The summed E-state index contributed by atoms with van der Waals surface area (Å²) in [4.78, 5) is 15.2. The van der Waals surface area contributed by atoms with Crippen LogP contribution in [0.2, 0.25) is 0 Å². The molecule has 2 heteroatoms. The zero-order valence-electron chi connectivity index (χ0n) is 9.40. The average Bonchev–Trinajstić information content (AvgIpc) is 2.28. The Morgan fingerprint density at radius 1 is 1.06 bits per heavy atom. The number of nitrogens with zero attached hydrogens (tertiary/aromatic N) is 1. The molecule has 0 unspecified atom stereocenters. The van der Waals surface area contributed by atoms with Crippen LogP contribution in [0, 0.1) is 13.8 Å². The second kappa shape index (κ2) is 4.27. The number of hydrogen-bond donors (Lipinski definition) is 0. The summed E-state index contributed by atoms with van der Waals surface area (Å²) in [6.45, 7) is 3.97. The average molecular weight is 211 g/mol. The minimum atomic E-state index is 0.715. The van der Waals surface area contributed by atoms with Crippen LogP contribution in [-0.4, -0.2) is 11.3 Å². The van der Waals surface area contributed by atoms with Crippen molar-refractivity contribution in [1.82, 2.24) is 4.98 Å². The van der Waals surface area contributed by atoms with Crippen molar-refractivity contribution in [2.75, 3.05) is 0 Å². The number of carbonyl (C=O) groups excluding carboxylic acids is 1. The second-order valence-electron chi connectivity index (χ2n) is 3.96. The Kier molecular flexibility index (Phi) is 2.82. The van der Waals surface area contributed by atoms with Crippen LogP contribution in [0.3, 0.4) is 0 Å². The van der Waals surface area contributed by atoms with Crippen molar-refractivity contribution < 1.29 is 4.79 Å². The van der Waals surface area contributed by atoms with Crippen LogP contribution in [0.25, 0.3) is 11.1 Å². The maximum absolute atomic E-state index is 11.0. The SMILES string of the molecule is Cc1cncc(-c2ccc(C)cc2C=O)c1. The summed E-state index contributed by atoms with van der Waals surface area (Å²) >= 11 is 0. The molecule has 2 aromatic rings. The normalized spacial score (nSPS) is 10.1. The molecule has 0 aliphatic heterocycles. The Morgan fingerprint density at radius 3 is 2.56 bits per heavy atom. The minimum absolute atomic E-state index is 0.715. The van der Waals surface area contributed by atoms with Crippen molar-refractivity contribution in [2.45, 2.75) is 13.8 Å². The lowest BCUT2D eigenvalue weighted by Crippen LogP contribution is -1.90. The Balaban J connectivity index is 2.59. The van der Waals surface area contributed by atoms with Gasteiger partial charge in [-0.15, -0.1) is 0 Å². The highest BCUT2D eigenvalue weighted by Crippen LogP contribution is 2.23. The summed E-state index contributed by atoms with van der Waals surface area (Å²) in [6.07, 6.45) is 4.48. The van der Waals surface area contributed by atoms with E-state index >= 15 is 0 Å². The first kappa shape index (κ1) is 10.6. The van der Waals surface area contributed by atoms with E-state index in [4.69, 9.17) is 0 Å². The molecule has 0 radical (unpaired) electrons. The highest BCUT2D eigenvalue weighted by Gasteiger charge is 2.05. The highest BCUT2D eigenvalue weighted by molar-refractivity contribution is 5.87. The number of pyridine rings is 1. The van der Waals surface area contributed by atoms with Gasteiger partial charge in [-0.3, -0.25) is 9.78 Å². The van der Waals surface area contributed by atoms with Gasteiger partial charge in [0.25, 0.3) is 0 Å². The van der Waals surface area contributed by atoms with Gasteiger partial charge in [0.05, 0.1) is 0 Å². The van der Waals surface area contributed by atoms with E-state index in [1.807, 2.05) is 38.1 Å². The molecule has 1 aromatic heterocycles. The van der Waals surface area contributed by atoms with Gasteiger partial charge in [-0.05, 0) is 37.1 Å². The van der Waals surface area contributed by atoms with Crippen molar-refractivity contribution in [1.29, 1.82) is 0 Å². The first-order valence-electron chi connectivity index (χ1n) is 5.18. The predicted molar refractivity (Wildman–Crippen MR) is 64.5 cm³/mol. The number of hydrogen-bond acceptors (Lipinski definition) is 2. The molecule has 0 aliphatic rings. The van der Waals surface area contributed by atoms with Crippen LogP contribution < -0.4 is 0 Å². The first-order valence-corrected chi connectivity index (χ1v) is 5.18. The first-order chi connectivity index (χ1) is 7.70. The van der Waals surface area contributed by atoms with Gasteiger partial charge in [-0.2, -0.15) is 0 Å². The number of carbonyl (C=O) groups is 1. The maximum atomic E-state index is 11.0. The fourth-order valence-electron chi connectivity index (χ4n) is 1.74. The zero-order chi connectivity index (χ0) is 11.5. The van der Waals surface area contributed by atoms with Crippen molar-refractivity contribution in [3.63, 3.8) is 0 Å². The van der Waals surface area contributed by atoms with Gasteiger partial charge in [0, 0.05) is 23.5 Å². The molecule has 0 saturated heterocycles. The summed E-state index contributed by atoms with van der Waals surface area (Å²) in [5.41, 5.74) is 4.83. The molecule has 1 aromatic carbocycles. The van der Waals surface area contributed by atoms with Crippen LogP contribution >= 0.6 is 0 Å². The van der Waals surface area contributed by atoms with E-state index in [0.29, 0.717) is 5.56 Å². The molecule has 2 rings (SSSR count). The lowest BCUT2D eigenvalue weighted by Gasteiger charge is -2.06. The number of aromatic nitrogens is 1. The summed E-state index contributed by atoms with van der Waals surface area (Å²) in [6, 6.07) is 7.90. The second-order valence-corrected chi connectivity index (χ2v) is 3.96. The summed E-state index contributed by atoms with van der Waals surface area (Å²) in [7, 11) is 0. The summed E-state index contributed by atoms with van der Waals surface area (Å²) < 4.78 is 0. The molecule has 0 atom stereocenters. The van der Waals surface area contributed by atoms with Gasteiger partial charge in [-0.25, -0.2) is 0 Å². The molecule has 2 nitrogen and oxygen atoms in total. The van der Waals surface area contributed by atoms with E-state index < -0.39 is 0 Å². The number of aldehydes is 1. The van der Waals surface area contributed by atoms with Gasteiger partial charge in [0.15, 0.2) is 6.29 Å². The number of benzene rings is 1. The standard InChI is InChI=1S/C14H13NO/c1-10-3-4-14(13(5-10)9-16)12-6-11(2)7-15-8-12/h3-9H,1-2H3. The van der Waals surface area contributed by atoms with E-state index in [9.17, 15) is 4.79 Å². The third kappa shape index (κ3) is 2.01. The molecule has 1 heterocycles. The quantitative estimate of drug-likeness (QED) is 0.714. The zero-order valence-corrected chi connectivity index (χ0v) is 9.40. The van der Waals surface area contributed by atoms with Crippen molar-refractivity contribution in [3.8, 4) is 11.1 Å². The fourth-order valence-corrected chi connectivity index (χ4v) is 1.74. The van der Waals surface area contributed by atoms with Crippen LogP contribution in [0.15, 0.2) is 36.7 Å².